The first-order valence-electron chi connectivity index (χ1n) is 11.1. The van der Waals surface area contributed by atoms with Crippen molar-refractivity contribution in [2.75, 3.05) is 37.5 Å². The number of carbonyl (C=O) groups excluding carboxylic acids is 1. The minimum Gasteiger partial charge on any atom is -0.378 e. The summed E-state index contributed by atoms with van der Waals surface area (Å²) in [5.41, 5.74) is 4.40. The van der Waals surface area contributed by atoms with Crippen LogP contribution in [0.2, 0.25) is 0 Å². The number of H-pyrrole nitrogens is 1. The topological polar surface area (TPSA) is 177 Å². The summed E-state index contributed by atoms with van der Waals surface area (Å²) < 4.78 is 6.67. The summed E-state index contributed by atoms with van der Waals surface area (Å²) in [7, 11) is 0. The minimum absolute atomic E-state index is 0.198. The average Bonchev–Trinajstić information content (AvgIpc) is 3.49. The molecule has 13 nitrogen and oxygen atoms in total. The van der Waals surface area contributed by atoms with Crippen LogP contribution in [0.3, 0.4) is 0 Å². The number of pyridine rings is 3. The molecular formula is C23H19N11O2. The molecule has 2 amide bonds. The molecule has 0 bridgehead atoms. The zero-order valence-corrected chi connectivity index (χ0v) is 18.8. The van der Waals surface area contributed by atoms with Gasteiger partial charge in [-0.05, 0) is 12.1 Å². The van der Waals surface area contributed by atoms with E-state index >= 15 is 0 Å². The Balaban J connectivity index is 1.36. The molecule has 0 aromatic carbocycles. The van der Waals surface area contributed by atoms with Gasteiger partial charge >= 0.3 is 6.03 Å². The van der Waals surface area contributed by atoms with Gasteiger partial charge in [0.2, 0.25) is 0 Å². The highest BCUT2D eigenvalue weighted by atomic mass is 16.5. The summed E-state index contributed by atoms with van der Waals surface area (Å²) in [6.45, 7) is 2.13. The van der Waals surface area contributed by atoms with Gasteiger partial charge in [-0.3, -0.25) is 15.1 Å². The molecule has 6 rings (SSSR count). The second-order valence-electron chi connectivity index (χ2n) is 8.16. The third-order valence-electron chi connectivity index (χ3n) is 5.98. The number of fused-ring (bicyclic) bond motifs is 2. The number of rotatable bonds is 3. The van der Waals surface area contributed by atoms with Gasteiger partial charge in [-0.15, -0.1) is 0 Å². The molecule has 0 spiro atoms. The van der Waals surface area contributed by atoms with E-state index in [1.807, 2.05) is 12.1 Å². The van der Waals surface area contributed by atoms with Crippen molar-refractivity contribution in [2.45, 2.75) is 0 Å². The Bertz CT molecular complexity index is 1660. The first-order chi connectivity index (χ1) is 17.6. The molecule has 5 aromatic rings. The highest BCUT2D eigenvalue weighted by Gasteiger charge is 2.20. The predicted molar refractivity (Wildman–Crippen MR) is 130 cm³/mol. The van der Waals surface area contributed by atoms with Gasteiger partial charge in [-0.2, -0.15) is 10.4 Å². The normalized spacial score (nSPS) is 13.7. The number of nitriles is 1. The number of hydrogen-bond acceptors (Lipinski definition) is 9. The van der Waals surface area contributed by atoms with Crippen molar-refractivity contribution in [3.63, 3.8) is 0 Å². The number of carbonyl (C=O) groups is 1. The molecule has 6 heterocycles. The monoisotopic (exact) mass is 481 g/mol. The SMILES string of the molecule is N#Cc1cncc2c1nc(-c1[nH]nc3ncc(-c4cncc(NC(=O)N5CCOCC5)c4)cc13)n2N. The molecule has 4 N–H and O–H groups in total. The van der Waals surface area contributed by atoms with Crippen LogP contribution in [0.5, 0.6) is 0 Å². The Morgan fingerprint density at radius 3 is 2.75 bits per heavy atom. The molecule has 1 aliphatic heterocycles. The maximum absolute atomic E-state index is 12.6. The molecule has 0 unspecified atom stereocenters. The quantitative estimate of drug-likeness (QED) is 0.325. The zero-order chi connectivity index (χ0) is 24.6. The van der Waals surface area contributed by atoms with Crippen molar-refractivity contribution in [3.05, 3.63) is 48.7 Å². The molecular weight excluding hydrogens is 462 g/mol. The van der Waals surface area contributed by atoms with E-state index < -0.39 is 0 Å². The Morgan fingerprint density at radius 1 is 1.11 bits per heavy atom. The number of hydrogen-bond donors (Lipinski definition) is 3. The fourth-order valence-electron chi connectivity index (χ4n) is 4.13. The number of nitrogens with two attached hydrogens (primary N) is 1. The number of ether oxygens (including phenoxy) is 1. The summed E-state index contributed by atoms with van der Waals surface area (Å²) >= 11 is 0. The zero-order valence-electron chi connectivity index (χ0n) is 18.8. The molecule has 1 aliphatic rings. The minimum atomic E-state index is -0.198. The number of urea groups is 1. The number of anilines is 1. The molecule has 36 heavy (non-hydrogen) atoms. The molecule has 0 radical (unpaired) electrons. The van der Waals surface area contributed by atoms with E-state index in [4.69, 9.17) is 10.6 Å². The van der Waals surface area contributed by atoms with E-state index in [0.717, 1.165) is 11.1 Å². The summed E-state index contributed by atoms with van der Waals surface area (Å²) in [4.78, 5) is 31.7. The van der Waals surface area contributed by atoms with Crippen LogP contribution in [0.4, 0.5) is 10.5 Å². The van der Waals surface area contributed by atoms with E-state index in [1.165, 1.54) is 10.9 Å². The lowest BCUT2D eigenvalue weighted by molar-refractivity contribution is 0.0564. The van der Waals surface area contributed by atoms with Gasteiger partial charge in [0.05, 0.1) is 42.2 Å². The third kappa shape index (κ3) is 3.62. The molecule has 0 saturated carbocycles. The molecule has 13 heteroatoms. The van der Waals surface area contributed by atoms with Crippen LogP contribution in [0.15, 0.2) is 43.1 Å². The van der Waals surface area contributed by atoms with Gasteiger partial charge in [0.15, 0.2) is 11.5 Å². The van der Waals surface area contributed by atoms with Gasteiger partial charge < -0.3 is 20.8 Å². The molecule has 1 fully saturated rings. The number of nitrogens with zero attached hydrogens (tertiary/aromatic N) is 8. The first-order valence-corrected chi connectivity index (χ1v) is 11.1. The maximum atomic E-state index is 12.6. The summed E-state index contributed by atoms with van der Waals surface area (Å²) in [6, 6.07) is 5.61. The number of nitrogens with one attached hydrogen (secondary N) is 2. The fourth-order valence-corrected chi connectivity index (χ4v) is 4.13. The van der Waals surface area contributed by atoms with Gasteiger partial charge in [0, 0.05) is 42.8 Å². The summed E-state index contributed by atoms with van der Waals surface area (Å²) in [6.07, 6.45) is 7.96. The first kappa shape index (κ1) is 21.4. The van der Waals surface area contributed by atoms with Gasteiger partial charge in [-0.1, -0.05) is 0 Å². The van der Waals surface area contributed by atoms with Crippen LogP contribution in [-0.2, 0) is 4.74 Å². The van der Waals surface area contributed by atoms with Crippen LogP contribution in [0.1, 0.15) is 5.56 Å². The maximum Gasteiger partial charge on any atom is 0.322 e. The van der Waals surface area contributed by atoms with E-state index in [1.54, 1.807) is 29.7 Å². The number of morpholine rings is 1. The van der Waals surface area contributed by atoms with Crippen molar-refractivity contribution in [3.8, 4) is 28.7 Å². The lowest BCUT2D eigenvalue weighted by atomic mass is 10.1. The number of aromatic nitrogens is 7. The smallest absolute Gasteiger partial charge is 0.322 e. The van der Waals surface area contributed by atoms with Crippen molar-refractivity contribution in [2.24, 2.45) is 0 Å². The summed E-state index contributed by atoms with van der Waals surface area (Å²) in [5, 5.41) is 20.2. The average molecular weight is 481 g/mol. The molecule has 5 aromatic heterocycles. The van der Waals surface area contributed by atoms with Crippen molar-refractivity contribution < 1.29 is 9.53 Å². The van der Waals surface area contributed by atoms with Crippen LogP contribution >= 0.6 is 0 Å². The highest BCUT2D eigenvalue weighted by molar-refractivity contribution is 5.95. The van der Waals surface area contributed by atoms with Crippen molar-refractivity contribution in [1.29, 1.82) is 5.26 Å². The van der Waals surface area contributed by atoms with Gasteiger partial charge in [-0.25, -0.2) is 19.4 Å². The van der Waals surface area contributed by atoms with E-state index in [2.05, 4.69) is 41.5 Å². The Kier molecular flexibility index (Phi) is 5.12. The third-order valence-corrected chi connectivity index (χ3v) is 5.98. The molecule has 0 aliphatic carbocycles. The van der Waals surface area contributed by atoms with Gasteiger partial charge in [0.1, 0.15) is 22.8 Å². The van der Waals surface area contributed by atoms with Crippen LogP contribution in [-0.4, -0.2) is 72.0 Å². The van der Waals surface area contributed by atoms with Crippen LogP contribution in [0, 0.1) is 11.3 Å². The number of aromatic amines is 1. The standard InChI is InChI=1S/C23H19N11O2/c24-7-15-9-27-12-18-19(15)30-22(34(18)25)20-17-6-14(10-28-21(17)32-31-20)13-5-16(11-26-8-13)29-23(35)33-1-3-36-4-2-33/h5-6,8-12H,1-4,25H2,(H,29,35)(H,28,31,32). The lowest BCUT2D eigenvalue weighted by Gasteiger charge is -2.26. The second-order valence-corrected chi connectivity index (χ2v) is 8.16. The second kappa shape index (κ2) is 8.60. The van der Waals surface area contributed by atoms with E-state index in [9.17, 15) is 10.1 Å². The fraction of sp³-hybridized carbons (Fsp3) is 0.174. The molecule has 1 saturated heterocycles. The van der Waals surface area contributed by atoms with Gasteiger partial charge in [0.25, 0.3) is 0 Å². The predicted octanol–water partition coefficient (Wildman–Crippen LogP) is 1.88. The largest absolute Gasteiger partial charge is 0.378 e. The number of nitrogen functional groups attached to an aromatic ring is 1. The molecule has 178 valence electrons. The Hall–Kier alpha value is -5.09. The van der Waals surface area contributed by atoms with Crippen LogP contribution in [0.25, 0.3) is 44.7 Å². The summed E-state index contributed by atoms with van der Waals surface area (Å²) in [5.74, 6) is 6.69. The number of imidazole rings is 1. The van der Waals surface area contributed by atoms with Crippen molar-refractivity contribution in [1.82, 2.24) is 39.7 Å². The Labute approximate surface area is 203 Å². The Morgan fingerprint density at radius 2 is 1.92 bits per heavy atom. The van der Waals surface area contributed by atoms with Crippen molar-refractivity contribution >= 4 is 33.8 Å². The molecule has 0 atom stereocenters. The van der Waals surface area contributed by atoms with E-state index in [-0.39, 0.29) is 6.03 Å². The van der Waals surface area contributed by atoms with Crippen LogP contribution < -0.4 is 11.2 Å². The number of amides is 2. The lowest BCUT2D eigenvalue weighted by Crippen LogP contribution is -2.43. The van der Waals surface area contributed by atoms with E-state index in [0.29, 0.717) is 71.1 Å². The highest BCUT2D eigenvalue weighted by Crippen LogP contribution is 2.31.